The molecule has 27 heavy (non-hydrogen) atoms. The maximum absolute atomic E-state index is 12.8. The number of sulfonamides is 1. The van der Waals surface area contributed by atoms with Crippen LogP contribution in [0.3, 0.4) is 0 Å². The van der Waals surface area contributed by atoms with Crippen molar-refractivity contribution in [1.82, 2.24) is 9.62 Å². The van der Waals surface area contributed by atoms with Gasteiger partial charge in [0.1, 0.15) is 0 Å². The van der Waals surface area contributed by atoms with Crippen LogP contribution < -0.4 is 5.32 Å². The Labute approximate surface area is 160 Å². The molecule has 0 unspecified atom stereocenters. The van der Waals surface area contributed by atoms with Crippen LogP contribution in [0.15, 0.2) is 53.4 Å². The third-order valence-corrected chi connectivity index (χ3v) is 7.09. The van der Waals surface area contributed by atoms with Gasteiger partial charge in [-0.15, -0.1) is 0 Å². The quantitative estimate of drug-likeness (QED) is 0.859. The fraction of sp³-hybridized carbons (Fsp3) is 0.381. The molecule has 0 aromatic heterocycles. The molecule has 0 bridgehead atoms. The highest BCUT2D eigenvalue weighted by Gasteiger charge is 2.26. The van der Waals surface area contributed by atoms with Gasteiger partial charge in [0.25, 0.3) is 5.91 Å². The molecule has 2 aromatic rings. The number of rotatable bonds is 5. The summed E-state index contributed by atoms with van der Waals surface area (Å²) in [6, 6.07) is 14.7. The van der Waals surface area contributed by atoms with E-state index in [0.29, 0.717) is 29.6 Å². The number of carbonyl (C=O) groups is 1. The molecule has 5 nitrogen and oxygen atoms in total. The van der Waals surface area contributed by atoms with Crippen molar-refractivity contribution in [2.75, 3.05) is 13.1 Å². The van der Waals surface area contributed by atoms with Gasteiger partial charge < -0.3 is 5.32 Å². The van der Waals surface area contributed by atoms with Gasteiger partial charge in [0.15, 0.2) is 0 Å². The molecule has 1 aliphatic heterocycles. The van der Waals surface area contributed by atoms with E-state index in [0.717, 1.165) is 43.2 Å². The van der Waals surface area contributed by atoms with Crippen molar-refractivity contribution in [2.45, 2.75) is 43.0 Å². The van der Waals surface area contributed by atoms with Crippen molar-refractivity contribution in [3.8, 4) is 11.1 Å². The molecular weight excluding hydrogens is 360 g/mol. The summed E-state index contributed by atoms with van der Waals surface area (Å²) in [7, 11) is -3.42. The van der Waals surface area contributed by atoms with Gasteiger partial charge in [-0.1, -0.05) is 30.7 Å². The molecule has 4 rings (SSSR count). The molecule has 1 saturated carbocycles. The average molecular weight is 385 g/mol. The van der Waals surface area contributed by atoms with Crippen LogP contribution in [0.1, 0.15) is 42.5 Å². The number of carbonyl (C=O) groups excluding carboxylic acids is 1. The zero-order chi connectivity index (χ0) is 18.9. The molecule has 2 aromatic carbocycles. The minimum Gasteiger partial charge on any atom is -0.349 e. The summed E-state index contributed by atoms with van der Waals surface area (Å²) >= 11 is 0. The monoisotopic (exact) mass is 384 g/mol. The first-order valence-corrected chi connectivity index (χ1v) is 11.0. The van der Waals surface area contributed by atoms with Crippen LogP contribution in [0, 0.1) is 0 Å². The first-order chi connectivity index (χ1) is 13.0. The molecule has 0 radical (unpaired) electrons. The van der Waals surface area contributed by atoms with Crippen molar-refractivity contribution >= 4 is 15.9 Å². The number of piperidine rings is 1. The van der Waals surface area contributed by atoms with E-state index in [1.54, 1.807) is 22.5 Å². The summed E-state index contributed by atoms with van der Waals surface area (Å²) in [5.41, 5.74) is 2.43. The summed E-state index contributed by atoms with van der Waals surface area (Å²) < 4.78 is 27.1. The van der Waals surface area contributed by atoms with Gasteiger partial charge in [-0.3, -0.25) is 4.79 Å². The second kappa shape index (κ2) is 7.44. The molecule has 6 heteroatoms. The van der Waals surface area contributed by atoms with Gasteiger partial charge in [0, 0.05) is 24.7 Å². The molecule has 2 fully saturated rings. The van der Waals surface area contributed by atoms with Gasteiger partial charge in [-0.25, -0.2) is 8.42 Å². The Morgan fingerprint density at radius 3 is 2.30 bits per heavy atom. The Balaban J connectivity index is 1.54. The Hall–Kier alpha value is -2.18. The van der Waals surface area contributed by atoms with Crippen LogP contribution in [0.25, 0.3) is 11.1 Å². The average Bonchev–Trinajstić information content (AvgIpc) is 3.53. The maximum Gasteiger partial charge on any atom is 0.251 e. The lowest BCUT2D eigenvalue weighted by Crippen LogP contribution is -2.35. The van der Waals surface area contributed by atoms with Gasteiger partial charge in [0.05, 0.1) is 4.90 Å². The minimum absolute atomic E-state index is 0.0522. The van der Waals surface area contributed by atoms with Crippen LogP contribution >= 0.6 is 0 Å². The fourth-order valence-electron chi connectivity index (χ4n) is 3.41. The van der Waals surface area contributed by atoms with Crippen LogP contribution in [0.5, 0.6) is 0 Å². The Kier molecular flexibility index (Phi) is 5.02. The molecule has 1 aliphatic carbocycles. The SMILES string of the molecule is O=C(NC1CC1)c1cccc(-c2ccc(S(=O)(=O)N3CCCCC3)cc2)c1. The molecule has 142 valence electrons. The molecule has 1 heterocycles. The predicted molar refractivity (Wildman–Crippen MR) is 105 cm³/mol. The zero-order valence-electron chi connectivity index (χ0n) is 15.2. The van der Waals surface area contributed by atoms with E-state index < -0.39 is 10.0 Å². The number of hydrogen-bond acceptors (Lipinski definition) is 3. The first-order valence-electron chi connectivity index (χ1n) is 9.55. The lowest BCUT2D eigenvalue weighted by atomic mass is 10.0. The highest BCUT2D eigenvalue weighted by molar-refractivity contribution is 7.89. The number of amides is 1. The molecular formula is C21H24N2O3S. The lowest BCUT2D eigenvalue weighted by molar-refractivity contribution is 0.0951. The fourth-order valence-corrected chi connectivity index (χ4v) is 4.93. The van der Waals surface area contributed by atoms with Crippen molar-refractivity contribution in [1.29, 1.82) is 0 Å². The highest BCUT2D eigenvalue weighted by atomic mass is 32.2. The topological polar surface area (TPSA) is 66.5 Å². The summed E-state index contributed by atoms with van der Waals surface area (Å²) in [6.07, 6.45) is 5.05. The van der Waals surface area contributed by atoms with Crippen molar-refractivity contribution in [2.24, 2.45) is 0 Å². The molecule has 2 aliphatic rings. The van der Waals surface area contributed by atoms with E-state index in [2.05, 4.69) is 5.32 Å². The van der Waals surface area contributed by atoms with Crippen LogP contribution in [-0.4, -0.2) is 37.8 Å². The molecule has 1 saturated heterocycles. The standard InChI is InChI=1S/C21H24N2O3S/c24-21(22-19-9-10-19)18-6-4-5-17(15-18)16-7-11-20(12-8-16)27(25,26)23-13-2-1-3-14-23/h4-8,11-12,15,19H,1-3,9-10,13-14H2,(H,22,24). The lowest BCUT2D eigenvalue weighted by Gasteiger charge is -2.25. The van der Waals surface area contributed by atoms with Gasteiger partial charge >= 0.3 is 0 Å². The summed E-state index contributed by atoms with van der Waals surface area (Å²) in [6.45, 7) is 1.20. The van der Waals surface area contributed by atoms with Crippen molar-refractivity contribution in [3.05, 3.63) is 54.1 Å². The second-order valence-corrected chi connectivity index (χ2v) is 9.26. The molecule has 1 amide bonds. The van der Waals surface area contributed by atoms with Gasteiger partial charge in [-0.2, -0.15) is 4.31 Å². The Morgan fingerprint density at radius 2 is 1.63 bits per heavy atom. The summed E-state index contributed by atoms with van der Waals surface area (Å²) in [5.74, 6) is -0.0522. The van der Waals surface area contributed by atoms with E-state index in [1.165, 1.54) is 0 Å². The number of nitrogens with one attached hydrogen (secondary N) is 1. The summed E-state index contributed by atoms with van der Waals surface area (Å²) in [4.78, 5) is 12.6. The summed E-state index contributed by atoms with van der Waals surface area (Å²) in [5, 5.41) is 2.99. The molecule has 0 atom stereocenters. The van der Waals surface area contributed by atoms with E-state index in [1.807, 2.05) is 30.3 Å². The Bertz CT molecular complexity index is 928. The number of nitrogens with zero attached hydrogens (tertiary/aromatic N) is 1. The Morgan fingerprint density at radius 1 is 0.926 bits per heavy atom. The smallest absolute Gasteiger partial charge is 0.251 e. The van der Waals surface area contributed by atoms with E-state index in [4.69, 9.17) is 0 Å². The number of benzene rings is 2. The second-order valence-electron chi connectivity index (χ2n) is 7.32. The van der Waals surface area contributed by atoms with E-state index >= 15 is 0 Å². The minimum atomic E-state index is -3.42. The predicted octanol–water partition coefficient (Wildman–Crippen LogP) is 3.42. The largest absolute Gasteiger partial charge is 0.349 e. The normalized spacial score (nSPS) is 18.2. The van der Waals surface area contributed by atoms with Crippen molar-refractivity contribution < 1.29 is 13.2 Å². The van der Waals surface area contributed by atoms with Crippen LogP contribution in [0.4, 0.5) is 0 Å². The molecule has 1 N–H and O–H groups in total. The van der Waals surface area contributed by atoms with Crippen LogP contribution in [-0.2, 0) is 10.0 Å². The van der Waals surface area contributed by atoms with E-state index in [9.17, 15) is 13.2 Å². The third-order valence-electron chi connectivity index (χ3n) is 5.18. The van der Waals surface area contributed by atoms with Crippen molar-refractivity contribution in [3.63, 3.8) is 0 Å². The van der Waals surface area contributed by atoms with Crippen LogP contribution in [0.2, 0.25) is 0 Å². The third kappa shape index (κ3) is 4.06. The van der Waals surface area contributed by atoms with Gasteiger partial charge in [-0.05, 0) is 61.1 Å². The first kappa shape index (κ1) is 18.2. The maximum atomic E-state index is 12.8. The van der Waals surface area contributed by atoms with Gasteiger partial charge in [0.2, 0.25) is 10.0 Å². The van der Waals surface area contributed by atoms with E-state index in [-0.39, 0.29) is 5.91 Å². The molecule has 0 spiro atoms. The number of hydrogen-bond donors (Lipinski definition) is 1. The highest BCUT2D eigenvalue weighted by Crippen LogP contribution is 2.26. The zero-order valence-corrected chi connectivity index (χ0v) is 16.0.